The molecule has 0 bridgehead atoms. The van der Waals surface area contributed by atoms with Gasteiger partial charge in [-0.15, -0.1) is 0 Å². The second-order valence-electron chi connectivity index (χ2n) is 6.36. The summed E-state index contributed by atoms with van der Waals surface area (Å²) in [6.07, 6.45) is 1.44. The Hall–Kier alpha value is -4.06. The molecule has 142 valence electrons. The van der Waals surface area contributed by atoms with Crippen LogP contribution in [0.3, 0.4) is 0 Å². The number of hydrazone groups is 1. The summed E-state index contributed by atoms with van der Waals surface area (Å²) < 4.78 is 12.9. The van der Waals surface area contributed by atoms with Gasteiger partial charge in [0, 0.05) is 5.56 Å². The van der Waals surface area contributed by atoms with E-state index in [0.29, 0.717) is 17.0 Å². The van der Waals surface area contributed by atoms with Crippen LogP contribution in [-0.2, 0) is 0 Å². The first-order valence-electron chi connectivity index (χ1n) is 8.99. The molecule has 5 nitrogen and oxygen atoms in total. The van der Waals surface area contributed by atoms with Gasteiger partial charge in [-0.1, -0.05) is 66.7 Å². The van der Waals surface area contributed by atoms with Gasteiger partial charge in [-0.3, -0.25) is 9.89 Å². The molecule has 0 saturated carbocycles. The van der Waals surface area contributed by atoms with Crippen molar-refractivity contribution in [2.24, 2.45) is 5.10 Å². The molecule has 4 rings (SSSR count). The molecular weight excluding hydrogens is 367 g/mol. The van der Waals surface area contributed by atoms with Gasteiger partial charge in [0.2, 0.25) is 0 Å². The first-order chi connectivity index (χ1) is 14.2. The highest BCUT2D eigenvalue weighted by Crippen LogP contribution is 2.24. The number of benzene rings is 3. The van der Waals surface area contributed by atoms with E-state index >= 15 is 0 Å². The highest BCUT2D eigenvalue weighted by Gasteiger charge is 2.10. The van der Waals surface area contributed by atoms with Gasteiger partial charge in [-0.25, -0.2) is 9.82 Å². The third-order valence-corrected chi connectivity index (χ3v) is 4.36. The van der Waals surface area contributed by atoms with Gasteiger partial charge < -0.3 is 0 Å². The molecule has 4 aromatic rings. The number of aromatic amines is 1. The van der Waals surface area contributed by atoms with Gasteiger partial charge in [-0.2, -0.15) is 10.2 Å². The highest BCUT2D eigenvalue weighted by molar-refractivity contribution is 5.94. The molecule has 2 N–H and O–H groups in total. The normalized spacial score (nSPS) is 10.9. The van der Waals surface area contributed by atoms with E-state index in [9.17, 15) is 9.18 Å². The van der Waals surface area contributed by atoms with E-state index in [1.807, 2.05) is 42.5 Å². The number of carbonyl (C=O) groups is 1. The third-order valence-electron chi connectivity index (χ3n) is 4.36. The predicted molar refractivity (Wildman–Crippen MR) is 111 cm³/mol. The second-order valence-corrected chi connectivity index (χ2v) is 6.36. The fraction of sp³-hybridized carbons (Fsp3) is 0. The number of rotatable bonds is 5. The van der Waals surface area contributed by atoms with Crippen molar-refractivity contribution >= 4 is 12.1 Å². The van der Waals surface area contributed by atoms with Crippen LogP contribution in [0.1, 0.15) is 16.1 Å². The number of amides is 1. The lowest BCUT2D eigenvalue weighted by molar-refractivity contribution is 0.0950. The topological polar surface area (TPSA) is 70.1 Å². The molecular formula is C23H17FN4O. The van der Waals surface area contributed by atoms with Gasteiger partial charge in [0.05, 0.1) is 11.9 Å². The van der Waals surface area contributed by atoms with Crippen LogP contribution in [0, 0.1) is 5.82 Å². The predicted octanol–water partition coefficient (Wildman–Crippen LogP) is 4.65. The number of halogens is 1. The molecule has 1 aromatic heterocycles. The van der Waals surface area contributed by atoms with Crippen LogP contribution in [0.25, 0.3) is 22.4 Å². The van der Waals surface area contributed by atoms with Crippen molar-refractivity contribution in [2.75, 3.05) is 0 Å². The largest absolute Gasteiger partial charge is 0.289 e. The standard InChI is InChI=1S/C23H17FN4O/c24-20-12-6-16(7-13-20)15-25-28-23(29)22-14-21(26-27-22)19-10-8-18(9-11-19)17-4-2-1-3-5-17/h1-15H,(H,26,27)(H,28,29)/b25-15-. The Morgan fingerprint density at radius 3 is 2.28 bits per heavy atom. The minimum Gasteiger partial charge on any atom is -0.272 e. The van der Waals surface area contributed by atoms with E-state index in [1.165, 1.54) is 18.3 Å². The molecule has 0 spiro atoms. The van der Waals surface area contributed by atoms with E-state index in [4.69, 9.17) is 0 Å². The van der Waals surface area contributed by atoms with E-state index in [1.54, 1.807) is 18.2 Å². The van der Waals surface area contributed by atoms with E-state index in [0.717, 1.165) is 16.7 Å². The molecule has 0 unspecified atom stereocenters. The number of H-pyrrole nitrogens is 1. The molecule has 0 aliphatic heterocycles. The van der Waals surface area contributed by atoms with Crippen LogP contribution in [0.5, 0.6) is 0 Å². The summed E-state index contributed by atoms with van der Waals surface area (Å²) in [7, 11) is 0. The number of carbonyl (C=O) groups excluding carboxylic acids is 1. The van der Waals surface area contributed by atoms with Gasteiger partial charge in [0.25, 0.3) is 5.91 Å². The lowest BCUT2D eigenvalue weighted by Gasteiger charge is -2.02. The minimum absolute atomic E-state index is 0.295. The smallest absolute Gasteiger partial charge is 0.272 e. The first-order valence-corrected chi connectivity index (χ1v) is 8.99. The van der Waals surface area contributed by atoms with Crippen molar-refractivity contribution in [1.29, 1.82) is 0 Å². The van der Waals surface area contributed by atoms with Crippen molar-refractivity contribution in [3.63, 3.8) is 0 Å². The van der Waals surface area contributed by atoms with Crippen LogP contribution in [0.4, 0.5) is 4.39 Å². The third kappa shape index (κ3) is 4.44. The number of hydrogen-bond donors (Lipinski definition) is 2. The van der Waals surface area contributed by atoms with E-state index in [2.05, 4.69) is 32.9 Å². The number of aromatic nitrogens is 2. The zero-order chi connectivity index (χ0) is 20.1. The lowest BCUT2D eigenvalue weighted by Crippen LogP contribution is -2.17. The molecule has 0 saturated heterocycles. The first kappa shape index (κ1) is 18.3. The zero-order valence-electron chi connectivity index (χ0n) is 15.3. The van der Waals surface area contributed by atoms with Crippen molar-refractivity contribution in [1.82, 2.24) is 15.6 Å². The summed E-state index contributed by atoms with van der Waals surface area (Å²) in [5, 5.41) is 10.8. The fourth-order valence-corrected chi connectivity index (χ4v) is 2.82. The van der Waals surface area contributed by atoms with Gasteiger partial charge >= 0.3 is 0 Å². The Labute approximate surface area is 166 Å². The van der Waals surface area contributed by atoms with E-state index < -0.39 is 5.91 Å². The van der Waals surface area contributed by atoms with Gasteiger partial charge in [0.15, 0.2) is 0 Å². The van der Waals surface area contributed by atoms with Crippen molar-refractivity contribution < 1.29 is 9.18 Å². The fourth-order valence-electron chi connectivity index (χ4n) is 2.82. The van der Waals surface area contributed by atoms with Crippen LogP contribution in [0.2, 0.25) is 0 Å². The van der Waals surface area contributed by atoms with Gasteiger partial charge in [-0.05, 0) is 34.9 Å². The molecule has 6 heteroatoms. The Balaban J connectivity index is 1.42. The van der Waals surface area contributed by atoms with Crippen LogP contribution in [-0.4, -0.2) is 22.3 Å². The number of nitrogens with zero attached hydrogens (tertiary/aromatic N) is 2. The summed E-state index contributed by atoms with van der Waals surface area (Å²) in [4.78, 5) is 12.2. The average molecular weight is 384 g/mol. The number of nitrogens with one attached hydrogen (secondary N) is 2. The molecule has 29 heavy (non-hydrogen) atoms. The summed E-state index contributed by atoms with van der Waals surface area (Å²) in [5.41, 5.74) is 7.20. The van der Waals surface area contributed by atoms with Crippen LogP contribution < -0.4 is 5.43 Å². The summed E-state index contributed by atoms with van der Waals surface area (Å²) in [5.74, 6) is -0.740. The zero-order valence-corrected chi connectivity index (χ0v) is 15.3. The van der Waals surface area contributed by atoms with Crippen LogP contribution in [0.15, 0.2) is 90.0 Å². The van der Waals surface area contributed by atoms with Crippen molar-refractivity contribution in [3.05, 3.63) is 102 Å². The van der Waals surface area contributed by atoms with E-state index in [-0.39, 0.29) is 5.82 Å². The lowest BCUT2D eigenvalue weighted by atomic mass is 10.0. The maximum Gasteiger partial charge on any atom is 0.289 e. The molecule has 3 aromatic carbocycles. The monoisotopic (exact) mass is 384 g/mol. The Morgan fingerprint density at radius 1 is 0.897 bits per heavy atom. The quantitative estimate of drug-likeness (QED) is 0.388. The average Bonchev–Trinajstić information content (AvgIpc) is 3.26. The van der Waals surface area contributed by atoms with Crippen LogP contribution >= 0.6 is 0 Å². The molecule has 0 aliphatic rings. The van der Waals surface area contributed by atoms with Crippen molar-refractivity contribution in [3.8, 4) is 22.4 Å². The Bertz CT molecular complexity index is 1130. The Kier molecular flexibility index (Phi) is 5.25. The Morgan fingerprint density at radius 2 is 1.55 bits per heavy atom. The molecule has 0 fully saturated rings. The summed E-state index contributed by atoms with van der Waals surface area (Å²) >= 11 is 0. The molecule has 0 radical (unpaired) electrons. The van der Waals surface area contributed by atoms with Gasteiger partial charge in [0.1, 0.15) is 11.5 Å². The second kappa shape index (κ2) is 8.31. The SMILES string of the molecule is O=C(N/N=C\c1ccc(F)cc1)c1cc(-c2ccc(-c3ccccc3)cc2)n[nH]1. The molecule has 0 atom stereocenters. The highest BCUT2D eigenvalue weighted by atomic mass is 19.1. The summed E-state index contributed by atoms with van der Waals surface area (Å²) in [6, 6.07) is 25.5. The molecule has 1 amide bonds. The molecule has 1 heterocycles. The maximum atomic E-state index is 12.9. The number of hydrogen-bond acceptors (Lipinski definition) is 3. The van der Waals surface area contributed by atoms with Crippen molar-refractivity contribution in [2.45, 2.75) is 0 Å². The maximum absolute atomic E-state index is 12.9. The summed E-state index contributed by atoms with van der Waals surface area (Å²) in [6.45, 7) is 0. The molecule has 0 aliphatic carbocycles. The minimum atomic E-state index is -0.414.